The summed E-state index contributed by atoms with van der Waals surface area (Å²) in [7, 11) is 0. The van der Waals surface area contributed by atoms with Gasteiger partial charge in [0.05, 0.1) is 0 Å². The van der Waals surface area contributed by atoms with E-state index in [2.05, 4.69) is 21.4 Å². The van der Waals surface area contributed by atoms with Crippen LogP contribution in [-0.4, -0.2) is 16.5 Å². The Morgan fingerprint density at radius 3 is 2.93 bits per heavy atom. The summed E-state index contributed by atoms with van der Waals surface area (Å²) in [6, 6.07) is 1.28. The van der Waals surface area contributed by atoms with Crippen LogP contribution in [0.2, 0.25) is 0 Å². The van der Waals surface area contributed by atoms with Crippen LogP contribution in [0.5, 0.6) is 0 Å². The van der Waals surface area contributed by atoms with E-state index < -0.39 is 5.95 Å². The Bertz CT molecular complexity index is 319. The third-order valence-corrected chi connectivity index (χ3v) is 1.64. The van der Waals surface area contributed by atoms with Crippen molar-refractivity contribution in [3.63, 3.8) is 0 Å². The van der Waals surface area contributed by atoms with Crippen LogP contribution in [0, 0.1) is 5.95 Å². The van der Waals surface area contributed by atoms with Gasteiger partial charge in [0.25, 0.3) is 0 Å². The van der Waals surface area contributed by atoms with Crippen LogP contribution in [0.25, 0.3) is 0 Å². The molecule has 76 valence electrons. The molecule has 0 bridgehead atoms. The first-order valence-electron chi connectivity index (χ1n) is 4.53. The highest BCUT2D eigenvalue weighted by atomic mass is 19.1. The van der Waals surface area contributed by atoms with Crippen molar-refractivity contribution in [3.05, 3.63) is 30.0 Å². The van der Waals surface area contributed by atoms with Crippen molar-refractivity contribution >= 4 is 5.82 Å². The van der Waals surface area contributed by atoms with E-state index in [1.807, 2.05) is 13.8 Å². The molecule has 0 aliphatic heterocycles. The minimum absolute atomic E-state index is 0.510. The van der Waals surface area contributed by atoms with Crippen molar-refractivity contribution < 1.29 is 4.39 Å². The molecule has 0 aliphatic rings. The van der Waals surface area contributed by atoms with Crippen LogP contribution in [0.15, 0.2) is 24.0 Å². The van der Waals surface area contributed by atoms with E-state index in [-0.39, 0.29) is 0 Å². The quantitative estimate of drug-likeness (QED) is 0.455. The number of aromatic nitrogens is 2. The summed E-state index contributed by atoms with van der Waals surface area (Å²) >= 11 is 0. The van der Waals surface area contributed by atoms with Gasteiger partial charge in [0, 0.05) is 12.6 Å². The van der Waals surface area contributed by atoms with E-state index in [0.717, 1.165) is 13.0 Å². The molecule has 1 heterocycles. The molecule has 0 radical (unpaired) electrons. The Hall–Kier alpha value is -1.45. The molecule has 0 unspecified atom stereocenters. The topological polar surface area (TPSA) is 37.8 Å². The number of rotatable bonds is 4. The third-order valence-electron chi connectivity index (χ3n) is 1.64. The van der Waals surface area contributed by atoms with Crippen molar-refractivity contribution in [3.8, 4) is 0 Å². The van der Waals surface area contributed by atoms with E-state index in [0.29, 0.717) is 5.82 Å². The molecule has 1 aromatic rings. The van der Waals surface area contributed by atoms with Gasteiger partial charge in [-0.2, -0.15) is 4.39 Å². The molecular formula is C10H14FN3. The lowest BCUT2D eigenvalue weighted by Gasteiger charge is -2.02. The number of hydrogen-bond acceptors (Lipinski definition) is 3. The second kappa shape index (κ2) is 5.32. The number of anilines is 1. The Labute approximate surface area is 83.1 Å². The average Bonchev–Trinajstić information content (AvgIpc) is 2.12. The number of allylic oxidation sites excluding steroid dienone is 1. The summed E-state index contributed by atoms with van der Waals surface area (Å²) in [5.74, 6) is 0.0179. The first-order chi connectivity index (χ1) is 6.68. The van der Waals surface area contributed by atoms with Gasteiger partial charge in [-0.25, -0.2) is 9.97 Å². The predicted octanol–water partition coefficient (Wildman–Crippen LogP) is 2.38. The zero-order valence-electron chi connectivity index (χ0n) is 8.42. The van der Waals surface area contributed by atoms with Crippen LogP contribution >= 0.6 is 0 Å². The van der Waals surface area contributed by atoms with E-state index >= 15 is 0 Å². The molecule has 1 aromatic heterocycles. The number of nitrogens with one attached hydrogen (secondary N) is 1. The molecule has 1 rings (SSSR count). The van der Waals surface area contributed by atoms with Crippen molar-refractivity contribution in [2.75, 3.05) is 11.9 Å². The fourth-order valence-electron chi connectivity index (χ4n) is 0.991. The second-order valence-corrected chi connectivity index (χ2v) is 3.22. The summed E-state index contributed by atoms with van der Waals surface area (Å²) in [4.78, 5) is 7.24. The van der Waals surface area contributed by atoms with Gasteiger partial charge in [-0.15, -0.1) is 0 Å². The van der Waals surface area contributed by atoms with Gasteiger partial charge in [-0.1, -0.05) is 11.6 Å². The predicted molar refractivity (Wildman–Crippen MR) is 54.5 cm³/mol. The Kier molecular flexibility index (Phi) is 4.04. The van der Waals surface area contributed by atoms with Crippen LogP contribution < -0.4 is 5.32 Å². The largest absolute Gasteiger partial charge is 0.370 e. The minimum atomic E-state index is -0.510. The van der Waals surface area contributed by atoms with Crippen LogP contribution in [0.4, 0.5) is 10.2 Å². The maximum absolute atomic E-state index is 12.6. The molecule has 0 atom stereocenters. The second-order valence-electron chi connectivity index (χ2n) is 3.22. The first kappa shape index (κ1) is 10.6. The smallest absolute Gasteiger partial charge is 0.217 e. The minimum Gasteiger partial charge on any atom is -0.370 e. The molecule has 0 aromatic carbocycles. The Morgan fingerprint density at radius 2 is 2.29 bits per heavy atom. The first-order valence-corrected chi connectivity index (χ1v) is 4.53. The Balaban J connectivity index is 2.35. The maximum Gasteiger partial charge on any atom is 0.217 e. The van der Waals surface area contributed by atoms with Crippen LogP contribution in [-0.2, 0) is 0 Å². The lowest BCUT2D eigenvalue weighted by atomic mass is 10.3. The highest BCUT2D eigenvalue weighted by Gasteiger charge is 1.94. The van der Waals surface area contributed by atoms with Crippen LogP contribution in [0.3, 0.4) is 0 Å². The SMILES string of the molecule is CC(C)=CCCNc1cc(F)ncn1. The average molecular weight is 195 g/mol. The zero-order chi connectivity index (χ0) is 10.4. The summed E-state index contributed by atoms with van der Waals surface area (Å²) in [6.45, 7) is 4.84. The molecule has 4 heteroatoms. The molecule has 0 aliphatic carbocycles. The summed E-state index contributed by atoms with van der Waals surface area (Å²) in [6.07, 6.45) is 4.23. The van der Waals surface area contributed by atoms with Crippen molar-refractivity contribution in [1.29, 1.82) is 0 Å². The zero-order valence-corrected chi connectivity index (χ0v) is 8.42. The Morgan fingerprint density at radius 1 is 1.50 bits per heavy atom. The van der Waals surface area contributed by atoms with E-state index in [1.54, 1.807) is 0 Å². The van der Waals surface area contributed by atoms with Crippen molar-refractivity contribution in [2.45, 2.75) is 20.3 Å². The molecule has 0 fully saturated rings. The molecule has 0 amide bonds. The fraction of sp³-hybridized carbons (Fsp3) is 0.400. The van der Waals surface area contributed by atoms with Gasteiger partial charge in [0.2, 0.25) is 5.95 Å². The molecule has 1 N–H and O–H groups in total. The third kappa shape index (κ3) is 3.98. The molecule has 14 heavy (non-hydrogen) atoms. The van der Waals surface area contributed by atoms with Gasteiger partial charge in [-0.05, 0) is 20.3 Å². The number of nitrogens with zero attached hydrogens (tertiary/aromatic N) is 2. The molecule has 0 saturated carbocycles. The van der Waals surface area contributed by atoms with E-state index in [1.165, 1.54) is 18.0 Å². The van der Waals surface area contributed by atoms with E-state index in [9.17, 15) is 4.39 Å². The van der Waals surface area contributed by atoms with Gasteiger partial charge < -0.3 is 5.32 Å². The molecule has 3 nitrogen and oxygen atoms in total. The van der Waals surface area contributed by atoms with Crippen LogP contribution in [0.1, 0.15) is 20.3 Å². The van der Waals surface area contributed by atoms with Gasteiger partial charge in [-0.3, -0.25) is 0 Å². The number of hydrogen-bond donors (Lipinski definition) is 1. The highest BCUT2D eigenvalue weighted by Crippen LogP contribution is 2.02. The summed E-state index contributed by atoms with van der Waals surface area (Å²) < 4.78 is 12.6. The van der Waals surface area contributed by atoms with Crippen molar-refractivity contribution in [2.24, 2.45) is 0 Å². The maximum atomic E-state index is 12.6. The standard InChI is InChI=1S/C10H14FN3/c1-8(2)4-3-5-12-10-6-9(11)13-7-14-10/h4,6-7H,3,5H2,1-2H3,(H,12,13,14). The molecule has 0 spiro atoms. The summed E-state index contributed by atoms with van der Waals surface area (Å²) in [5, 5.41) is 3.01. The monoisotopic (exact) mass is 195 g/mol. The van der Waals surface area contributed by atoms with Gasteiger partial charge in [0.15, 0.2) is 0 Å². The molecular weight excluding hydrogens is 181 g/mol. The summed E-state index contributed by atoms with van der Waals surface area (Å²) in [5.41, 5.74) is 1.28. The lowest BCUT2D eigenvalue weighted by molar-refractivity contribution is 0.580. The van der Waals surface area contributed by atoms with Gasteiger partial charge >= 0.3 is 0 Å². The highest BCUT2D eigenvalue weighted by molar-refractivity contribution is 5.31. The molecule has 0 saturated heterocycles. The van der Waals surface area contributed by atoms with E-state index in [4.69, 9.17) is 0 Å². The van der Waals surface area contributed by atoms with Crippen molar-refractivity contribution in [1.82, 2.24) is 9.97 Å². The normalized spacial score (nSPS) is 9.64. The van der Waals surface area contributed by atoms with Gasteiger partial charge in [0.1, 0.15) is 12.1 Å². The fourth-order valence-corrected chi connectivity index (χ4v) is 0.991. The number of halogens is 1. The lowest BCUT2D eigenvalue weighted by Crippen LogP contribution is -2.03.